The van der Waals surface area contributed by atoms with Gasteiger partial charge in [0.25, 0.3) is 0 Å². The Morgan fingerprint density at radius 2 is 2.29 bits per heavy atom. The van der Waals surface area contributed by atoms with E-state index in [1.54, 1.807) is 0 Å². The molecule has 0 radical (unpaired) electrons. The average Bonchev–Trinajstić information content (AvgIpc) is 2.27. The van der Waals surface area contributed by atoms with E-state index < -0.39 is 6.10 Å². The molecule has 0 aliphatic heterocycles. The Morgan fingerprint density at radius 3 is 2.82 bits per heavy atom. The summed E-state index contributed by atoms with van der Waals surface area (Å²) in [6.07, 6.45) is -0.508. The van der Waals surface area contributed by atoms with Gasteiger partial charge in [-0.3, -0.25) is 0 Å². The lowest BCUT2D eigenvalue weighted by Gasteiger charge is -2.13. The topological polar surface area (TPSA) is 41.5 Å². The van der Waals surface area contributed by atoms with Gasteiger partial charge in [0.15, 0.2) is 0 Å². The third kappa shape index (κ3) is 4.50. The van der Waals surface area contributed by atoms with Gasteiger partial charge in [-0.05, 0) is 53.2 Å². The molecule has 2 N–H and O–H groups in total. The second kappa shape index (κ2) is 6.79. The molecule has 1 rings (SSSR count). The lowest BCUT2D eigenvalue weighted by Crippen LogP contribution is -2.16. The van der Waals surface area contributed by atoms with Crippen molar-refractivity contribution >= 4 is 15.9 Å². The quantitative estimate of drug-likeness (QED) is 0.794. The molecule has 0 aromatic heterocycles. The van der Waals surface area contributed by atoms with Crippen LogP contribution >= 0.6 is 15.9 Å². The summed E-state index contributed by atoms with van der Waals surface area (Å²) in [7, 11) is 1.81. The minimum Gasteiger partial charge on any atom is -0.488 e. The molecule has 94 valence electrons. The van der Waals surface area contributed by atoms with Gasteiger partial charge < -0.3 is 15.2 Å². The molecule has 1 unspecified atom stereocenters. The Balaban J connectivity index is 2.75. The van der Waals surface area contributed by atoms with E-state index in [2.05, 4.69) is 27.8 Å². The van der Waals surface area contributed by atoms with Gasteiger partial charge in [0.2, 0.25) is 0 Å². The first kappa shape index (κ1) is 14.2. The molecule has 0 aliphatic rings. The number of hydrogen-bond acceptors (Lipinski definition) is 3. The van der Waals surface area contributed by atoms with Crippen molar-refractivity contribution < 1.29 is 9.84 Å². The SMILES string of the molecule is C=C(C)COc1ccc(C(O)CNC)cc1Br. The Hall–Kier alpha value is -0.840. The molecule has 0 aliphatic carbocycles. The lowest BCUT2D eigenvalue weighted by atomic mass is 10.1. The molecule has 0 saturated carbocycles. The summed E-state index contributed by atoms with van der Waals surface area (Å²) in [6, 6.07) is 5.58. The third-order valence-corrected chi connectivity index (χ3v) is 2.83. The molecule has 1 aromatic rings. The largest absolute Gasteiger partial charge is 0.488 e. The summed E-state index contributed by atoms with van der Waals surface area (Å²) in [5, 5.41) is 12.7. The van der Waals surface area contributed by atoms with Crippen molar-refractivity contribution in [2.75, 3.05) is 20.2 Å². The molecule has 0 amide bonds. The number of nitrogens with one attached hydrogen (secondary N) is 1. The van der Waals surface area contributed by atoms with Crippen molar-refractivity contribution in [2.45, 2.75) is 13.0 Å². The van der Waals surface area contributed by atoms with E-state index in [4.69, 9.17) is 4.74 Å². The van der Waals surface area contributed by atoms with Crippen LogP contribution in [0.3, 0.4) is 0 Å². The van der Waals surface area contributed by atoms with Crippen molar-refractivity contribution in [3.8, 4) is 5.75 Å². The summed E-state index contributed by atoms with van der Waals surface area (Å²) in [6.45, 7) is 6.72. The van der Waals surface area contributed by atoms with Crippen molar-refractivity contribution in [3.05, 3.63) is 40.4 Å². The van der Waals surface area contributed by atoms with Gasteiger partial charge in [-0.2, -0.15) is 0 Å². The third-order valence-electron chi connectivity index (χ3n) is 2.21. The maximum Gasteiger partial charge on any atom is 0.133 e. The molecule has 1 aromatic carbocycles. The van der Waals surface area contributed by atoms with Crippen LogP contribution in [-0.4, -0.2) is 25.3 Å². The first-order valence-corrected chi connectivity index (χ1v) is 6.23. The van der Waals surface area contributed by atoms with Gasteiger partial charge >= 0.3 is 0 Å². The van der Waals surface area contributed by atoms with E-state index >= 15 is 0 Å². The Bertz CT molecular complexity index is 393. The summed E-state index contributed by atoms with van der Waals surface area (Å²) in [5.41, 5.74) is 1.82. The van der Waals surface area contributed by atoms with E-state index in [0.29, 0.717) is 13.2 Å². The summed E-state index contributed by atoms with van der Waals surface area (Å²) in [4.78, 5) is 0. The number of hydrogen-bond donors (Lipinski definition) is 2. The van der Waals surface area contributed by atoms with Crippen LogP contribution in [0.1, 0.15) is 18.6 Å². The first-order valence-electron chi connectivity index (χ1n) is 5.44. The molecule has 0 bridgehead atoms. The fraction of sp³-hybridized carbons (Fsp3) is 0.385. The minimum atomic E-state index is -0.508. The number of halogens is 1. The molecule has 4 heteroatoms. The van der Waals surface area contributed by atoms with Crippen molar-refractivity contribution in [2.24, 2.45) is 0 Å². The number of aliphatic hydroxyl groups is 1. The van der Waals surface area contributed by atoms with E-state index in [1.807, 2.05) is 32.2 Å². The highest BCUT2D eigenvalue weighted by atomic mass is 79.9. The van der Waals surface area contributed by atoms with Crippen LogP contribution in [0.25, 0.3) is 0 Å². The summed E-state index contributed by atoms with van der Waals surface area (Å²) >= 11 is 3.43. The van der Waals surface area contributed by atoms with Crippen LogP contribution in [0.2, 0.25) is 0 Å². The van der Waals surface area contributed by atoms with Gasteiger partial charge in [0.1, 0.15) is 12.4 Å². The van der Waals surface area contributed by atoms with Crippen LogP contribution in [0.15, 0.2) is 34.8 Å². The van der Waals surface area contributed by atoms with Gasteiger partial charge in [-0.25, -0.2) is 0 Å². The second-order valence-corrected chi connectivity index (χ2v) is 4.86. The van der Waals surface area contributed by atoms with Gasteiger partial charge in [0.05, 0.1) is 10.6 Å². The second-order valence-electron chi connectivity index (χ2n) is 4.01. The number of rotatable bonds is 6. The maximum absolute atomic E-state index is 9.82. The molecule has 0 heterocycles. The summed E-state index contributed by atoms with van der Waals surface area (Å²) in [5.74, 6) is 0.758. The number of benzene rings is 1. The Labute approximate surface area is 111 Å². The van der Waals surface area contributed by atoms with Crippen LogP contribution in [0.4, 0.5) is 0 Å². The molecule has 0 saturated heterocycles. The van der Waals surface area contributed by atoms with Crippen molar-refractivity contribution in [1.82, 2.24) is 5.32 Å². The molecular formula is C13H18BrNO2. The van der Waals surface area contributed by atoms with E-state index in [1.165, 1.54) is 0 Å². The fourth-order valence-corrected chi connectivity index (χ4v) is 1.86. The van der Waals surface area contributed by atoms with Crippen LogP contribution < -0.4 is 10.1 Å². The van der Waals surface area contributed by atoms with Crippen LogP contribution in [-0.2, 0) is 0 Å². The maximum atomic E-state index is 9.82. The first-order chi connectivity index (χ1) is 8.04. The zero-order valence-corrected chi connectivity index (χ0v) is 11.8. The van der Waals surface area contributed by atoms with Crippen LogP contribution in [0, 0.1) is 0 Å². The predicted molar refractivity (Wildman–Crippen MR) is 73.3 cm³/mol. The van der Waals surface area contributed by atoms with Gasteiger partial charge in [-0.1, -0.05) is 12.6 Å². The van der Waals surface area contributed by atoms with Gasteiger partial charge in [-0.15, -0.1) is 0 Å². The standard InChI is InChI=1S/C13H18BrNO2/c1-9(2)8-17-13-5-4-10(6-11(13)14)12(16)7-15-3/h4-6,12,15-16H,1,7-8H2,2-3H3. The number of likely N-dealkylation sites (N-methyl/N-ethyl adjacent to an activating group) is 1. The zero-order valence-electron chi connectivity index (χ0n) is 10.2. The predicted octanol–water partition coefficient (Wildman–Crippen LogP) is 2.66. The molecule has 1 atom stereocenters. The number of aliphatic hydroxyl groups excluding tert-OH is 1. The summed E-state index contributed by atoms with van der Waals surface area (Å²) < 4.78 is 6.39. The van der Waals surface area contributed by atoms with Gasteiger partial charge in [0, 0.05) is 6.54 Å². The molecule has 3 nitrogen and oxygen atoms in total. The normalized spacial score (nSPS) is 12.2. The van der Waals surface area contributed by atoms with Crippen molar-refractivity contribution in [1.29, 1.82) is 0 Å². The fourth-order valence-electron chi connectivity index (χ4n) is 1.35. The lowest BCUT2D eigenvalue weighted by molar-refractivity contribution is 0.177. The minimum absolute atomic E-state index is 0.497. The molecule has 0 spiro atoms. The average molecular weight is 300 g/mol. The molecular weight excluding hydrogens is 282 g/mol. The Morgan fingerprint density at radius 1 is 1.59 bits per heavy atom. The van der Waals surface area contributed by atoms with Crippen molar-refractivity contribution in [3.63, 3.8) is 0 Å². The highest BCUT2D eigenvalue weighted by molar-refractivity contribution is 9.10. The highest BCUT2D eigenvalue weighted by Crippen LogP contribution is 2.28. The smallest absolute Gasteiger partial charge is 0.133 e. The zero-order chi connectivity index (χ0) is 12.8. The molecule has 0 fully saturated rings. The molecule has 17 heavy (non-hydrogen) atoms. The van der Waals surface area contributed by atoms with E-state index in [9.17, 15) is 5.11 Å². The Kier molecular flexibility index (Phi) is 5.68. The van der Waals surface area contributed by atoms with Crippen LogP contribution in [0.5, 0.6) is 5.75 Å². The monoisotopic (exact) mass is 299 g/mol. The number of ether oxygens (including phenoxy) is 1. The van der Waals surface area contributed by atoms with E-state index in [-0.39, 0.29) is 0 Å². The van der Waals surface area contributed by atoms with E-state index in [0.717, 1.165) is 21.4 Å². The highest BCUT2D eigenvalue weighted by Gasteiger charge is 2.09.